The summed E-state index contributed by atoms with van der Waals surface area (Å²) in [7, 11) is 0. The lowest BCUT2D eigenvalue weighted by Crippen LogP contribution is -2.35. The van der Waals surface area contributed by atoms with Gasteiger partial charge in [-0.05, 0) is 27.2 Å². The molecule has 2 unspecified atom stereocenters. The molecule has 0 aliphatic carbocycles. The Morgan fingerprint density at radius 1 is 1.47 bits per heavy atom. The fraction of sp³-hybridized carbons (Fsp3) is 0.909. The van der Waals surface area contributed by atoms with Gasteiger partial charge in [0.05, 0.1) is 12.6 Å². The van der Waals surface area contributed by atoms with E-state index in [-0.39, 0.29) is 12.0 Å². The monoisotopic (exact) mass is 215 g/mol. The van der Waals surface area contributed by atoms with E-state index >= 15 is 0 Å². The SMILES string of the molecule is CCC1CN(C(=O)OC(C)(C)C)CC1O. The number of hydrogen-bond acceptors (Lipinski definition) is 3. The molecule has 1 N–H and O–H groups in total. The van der Waals surface area contributed by atoms with Crippen LogP contribution in [0.5, 0.6) is 0 Å². The molecule has 1 saturated heterocycles. The first-order valence-corrected chi connectivity index (χ1v) is 5.49. The minimum Gasteiger partial charge on any atom is -0.444 e. The third-order valence-corrected chi connectivity index (χ3v) is 2.58. The summed E-state index contributed by atoms with van der Waals surface area (Å²) < 4.78 is 5.24. The van der Waals surface area contributed by atoms with E-state index in [1.165, 1.54) is 0 Å². The largest absolute Gasteiger partial charge is 0.444 e. The Bertz CT molecular complexity index is 234. The summed E-state index contributed by atoms with van der Waals surface area (Å²) in [6.45, 7) is 8.55. The molecule has 0 spiro atoms. The van der Waals surface area contributed by atoms with Gasteiger partial charge >= 0.3 is 6.09 Å². The van der Waals surface area contributed by atoms with Crippen LogP contribution in [0.2, 0.25) is 0 Å². The third kappa shape index (κ3) is 3.38. The molecule has 0 radical (unpaired) electrons. The van der Waals surface area contributed by atoms with Gasteiger partial charge in [-0.1, -0.05) is 6.92 Å². The quantitative estimate of drug-likeness (QED) is 0.723. The Balaban J connectivity index is 2.50. The number of ether oxygens (including phenoxy) is 1. The lowest BCUT2D eigenvalue weighted by Gasteiger charge is -2.24. The van der Waals surface area contributed by atoms with Crippen molar-refractivity contribution >= 4 is 6.09 Å². The number of aliphatic hydroxyl groups is 1. The van der Waals surface area contributed by atoms with Crippen molar-refractivity contribution in [2.45, 2.75) is 45.8 Å². The molecule has 1 heterocycles. The summed E-state index contributed by atoms with van der Waals surface area (Å²) in [5.41, 5.74) is -0.466. The molecule has 0 aromatic heterocycles. The average Bonchev–Trinajstić information content (AvgIpc) is 2.43. The van der Waals surface area contributed by atoms with Crippen LogP contribution in [0.4, 0.5) is 4.79 Å². The number of carbonyl (C=O) groups excluding carboxylic acids is 1. The van der Waals surface area contributed by atoms with Crippen LogP contribution in [0, 0.1) is 5.92 Å². The fourth-order valence-electron chi connectivity index (χ4n) is 1.73. The van der Waals surface area contributed by atoms with Crippen LogP contribution >= 0.6 is 0 Å². The van der Waals surface area contributed by atoms with Crippen LogP contribution in [0.25, 0.3) is 0 Å². The van der Waals surface area contributed by atoms with Gasteiger partial charge in [-0.25, -0.2) is 4.79 Å². The van der Waals surface area contributed by atoms with Gasteiger partial charge in [0, 0.05) is 12.5 Å². The summed E-state index contributed by atoms with van der Waals surface area (Å²) in [6.07, 6.45) is 0.167. The summed E-state index contributed by atoms with van der Waals surface area (Å²) in [5.74, 6) is 0.192. The zero-order valence-electron chi connectivity index (χ0n) is 9.99. The smallest absolute Gasteiger partial charge is 0.410 e. The topological polar surface area (TPSA) is 49.8 Å². The van der Waals surface area contributed by atoms with Crippen molar-refractivity contribution in [3.05, 3.63) is 0 Å². The normalized spacial score (nSPS) is 26.9. The van der Waals surface area contributed by atoms with E-state index in [9.17, 15) is 9.90 Å². The van der Waals surface area contributed by atoms with Crippen molar-refractivity contribution in [1.29, 1.82) is 0 Å². The average molecular weight is 215 g/mol. The number of carbonyl (C=O) groups is 1. The zero-order valence-corrected chi connectivity index (χ0v) is 9.99. The number of β-amino-alcohol motifs (C(OH)–C–C–N with tert-alkyl or cyclic N) is 1. The first kappa shape index (κ1) is 12.3. The predicted molar refractivity (Wildman–Crippen MR) is 57.6 cm³/mol. The molecule has 2 atom stereocenters. The van der Waals surface area contributed by atoms with Gasteiger partial charge in [-0.15, -0.1) is 0 Å². The van der Waals surface area contributed by atoms with Gasteiger partial charge in [-0.3, -0.25) is 0 Å². The Morgan fingerprint density at radius 2 is 2.07 bits per heavy atom. The summed E-state index contributed by atoms with van der Waals surface area (Å²) >= 11 is 0. The van der Waals surface area contributed by atoms with Crippen molar-refractivity contribution in [1.82, 2.24) is 4.90 Å². The van der Waals surface area contributed by atoms with Gasteiger partial charge in [0.15, 0.2) is 0 Å². The summed E-state index contributed by atoms with van der Waals surface area (Å²) in [4.78, 5) is 13.2. The standard InChI is InChI=1S/C11H21NO3/c1-5-8-6-12(7-9(8)13)10(14)15-11(2,3)4/h8-9,13H,5-7H2,1-4H3. The lowest BCUT2D eigenvalue weighted by atomic mass is 10.0. The zero-order chi connectivity index (χ0) is 11.6. The Labute approximate surface area is 91.2 Å². The summed E-state index contributed by atoms with van der Waals surface area (Å²) in [6, 6.07) is 0. The van der Waals surface area contributed by atoms with E-state index in [0.29, 0.717) is 13.1 Å². The first-order chi connectivity index (χ1) is 6.83. The van der Waals surface area contributed by atoms with E-state index in [4.69, 9.17) is 4.74 Å². The second-order valence-electron chi connectivity index (χ2n) is 5.12. The fourth-order valence-corrected chi connectivity index (χ4v) is 1.73. The van der Waals surface area contributed by atoms with Crippen molar-refractivity contribution in [3.8, 4) is 0 Å². The van der Waals surface area contributed by atoms with Gasteiger partial charge in [0.2, 0.25) is 0 Å². The minimum absolute atomic E-state index is 0.192. The highest BCUT2D eigenvalue weighted by molar-refractivity contribution is 5.68. The molecule has 0 bridgehead atoms. The molecule has 15 heavy (non-hydrogen) atoms. The molecule has 1 fully saturated rings. The van der Waals surface area contributed by atoms with E-state index < -0.39 is 11.7 Å². The number of rotatable bonds is 1. The molecule has 4 heteroatoms. The maximum Gasteiger partial charge on any atom is 0.410 e. The highest BCUT2D eigenvalue weighted by Crippen LogP contribution is 2.21. The molecule has 0 saturated carbocycles. The molecular weight excluding hydrogens is 194 g/mol. The molecule has 1 aliphatic heterocycles. The van der Waals surface area contributed by atoms with Gasteiger partial charge in [0.1, 0.15) is 5.60 Å². The van der Waals surface area contributed by atoms with Crippen LogP contribution < -0.4 is 0 Å². The van der Waals surface area contributed by atoms with Crippen molar-refractivity contribution < 1.29 is 14.6 Å². The van der Waals surface area contributed by atoms with Gasteiger partial charge < -0.3 is 14.7 Å². The Morgan fingerprint density at radius 3 is 2.47 bits per heavy atom. The van der Waals surface area contributed by atoms with E-state index in [1.54, 1.807) is 4.90 Å². The molecular formula is C11H21NO3. The highest BCUT2D eigenvalue weighted by Gasteiger charge is 2.34. The molecule has 88 valence electrons. The van der Waals surface area contributed by atoms with Crippen LogP contribution in [-0.2, 0) is 4.74 Å². The predicted octanol–water partition coefficient (Wildman–Crippen LogP) is 1.62. The van der Waals surface area contributed by atoms with E-state index in [2.05, 4.69) is 0 Å². The van der Waals surface area contributed by atoms with Gasteiger partial charge in [-0.2, -0.15) is 0 Å². The molecule has 4 nitrogen and oxygen atoms in total. The number of amides is 1. The first-order valence-electron chi connectivity index (χ1n) is 5.49. The number of hydrogen-bond donors (Lipinski definition) is 1. The Hall–Kier alpha value is -0.770. The number of likely N-dealkylation sites (tertiary alicyclic amines) is 1. The van der Waals surface area contributed by atoms with Crippen molar-refractivity contribution in [2.75, 3.05) is 13.1 Å². The minimum atomic E-state index is -0.466. The van der Waals surface area contributed by atoms with Crippen LogP contribution in [0.3, 0.4) is 0 Å². The molecule has 1 aliphatic rings. The number of aliphatic hydroxyl groups excluding tert-OH is 1. The maximum atomic E-state index is 11.7. The molecule has 0 aromatic rings. The van der Waals surface area contributed by atoms with Crippen molar-refractivity contribution in [2.24, 2.45) is 5.92 Å². The van der Waals surface area contributed by atoms with Crippen LogP contribution in [-0.4, -0.2) is 40.9 Å². The second-order valence-corrected chi connectivity index (χ2v) is 5.12. The van der Waals surface area contributed by atoms with Crippen LogP contribution in [0.1, 0.15) is 34.1 Å². The van der Waals surface area contributed by atoms with E-state index in [1.807, 2.05) is 27.7 Å². The maximum absolute atomic E-state index is 11.7. The number of nitrogens with zero attached hydrogens (tertiary/aromatic N) is 1. The van der Waals surface area contributed by atoms with Crippen molar-refractivity contribution in [3.63, 3.8) is 0 Å². The second kappa shape index (κ2) is 4.39. The Kier molecular flexibility index (Phi) is 3.60. The molecule has 1 amide bonds. The third-order valence-electron chi connectivity index (χ3n) is 2.58. The summed E-state index contributed by atoms with van der Waals surface area (Å²) in [5, 5.41) is 9.66. The van der Waals surface area contributed by atoms with E-state index in [0.717, 1.165) is 6.42 Å². The molecule has 1 rings (SSSR count). The van der Waals surface area contributed by atoms with Gasteiger partial charge in [0.25, 0.3) is 0 Å². The lowest BCUT2D eigenvalue weighted by molar-refractivity contribution is 0.0270. The van der Waals surface area contributed by atoms with Crippen LogP contribution in [0.15, 0.2) is 0 Å². The highest BCUT2D eigenvalue weighted by atomic mass is 16.6. The molecule has 0 aromatic carbocycles.